The zero-order valence-electron chi connectivity index (χ0n) is 24.7. The lowest BCUT2D eigenvalue weighted by molar-refractivity contribution is -0.386. The summed E-state index contributed by atoms with van der Waals surface area (Å²) in [7, 11) is 1.28. The number of carbonyl (C=O) groups is 1. The third kappa shape index (κ3) is 6.71. The van der Waals surface area contributed by atoms with E-state index in [2.05, 4.69) is 26.2 Å². The van der Waals surface area contributed by atoms with E-state index >= 15 is 0 Å². The average Bonchev–Trinajstić information content (AvgIpc) is 3.69. The maximum atomic E-state index is 12.5. The number of aliphatic hydroxyl groups is 1. The Balaban J connectivity index is 1.32. The highest BCUT2D eigenvalue weighted by molar-refractivity contribution is 9.10. The van der Waals surface area contributed by atoms with Crippen molar-refractivity contribution in [1.82, 2.24) is 15.2 Å². The topological polar surface area (TPSA) is 150 Å². The Hall–Kier alpha value is -4.85. The van der Waals surface area contributed by atoms with Gasteiger partial charge in [0.15, 0.2) is 0 Å². The number of rotatable bonds is 11. The fraction of sp³-hybridized carbons (Fsp3) is 0.242. The summed E-state index contributed by atoms with van der Waals surface area (Å²) in [5.41, 5.74) is 4.87. The molecule has 0 aliphatic carbocycles. The number of nitro groups is 1. The number of fused-ring (bicyclic) bond motifs is 1. The molecule has 0 spiro atoms. The van der Waals surface area contributed by atoms with Crippen molar-refractivity contribution in [3.8, 4) is 22.6 Å². The molecule has 4 aromatic carbocycles. The maximum absolute atomic E-state index is 12.5. The second-order valence-corrected chi connectivity index (χ2v) is 11.6. The SMILES string of the molecule is COC(=O)[C@H]1C[C@@H](O)CN1Cc1cc([N+](=O)[O-])c(OCc2cccc(-c3ccccc3)c2Br)cc1OCc1ccc2nonc2c1. The monoisotopic (exact) mass is 688 g/mol. The Morgan fingerprint density at radius 3 is 2.57 bits per heavy atom. The van der Waals surface area contributed by atoms with Gasteiger partial charge in [-0.1, -0.05) is 54.6 Å². The van der Waals surface area contributed by atoms with Crippen molar-refractivity contribution in [2.75, 3.05) is 13.7 Å². The van der Waals surface area contributed by atoms with Crippen LogP contribution in [0.1, 0.15) is 23.1 Å². The first-order valence-corrected chi connectivity index (χ1v) is 15.2. The quantitative estimate of drug-likeness (QED) is 0.101. The molecule has 0 amide bonds. The molecule has 0 bridgehead atoms. The van der Waals surface area contributed by atoms with Gasteiger partial charge in [-0.15, -0.1) is 0 Å². The highest BCUT2D eigenvalue weighted by Gasteiger charge is 2.37. The fourth-order valence-corrected chi connectivity index (χ4v) is 6.14. The number of halogens is 1. The summed E-state index contributed by atoms with van der Waals surface area (Å²) < 4.78 is 22.9. The van der Waals surface area contributed by atoms with E-state index in [4.69, 9.17) is 18.8 Å². The number of nitro benzene ring substituents is 1. The minimum Gasteiger partial charge on any atom is -0.488 e. The van der Waals surface area contributed by atoms with Crippen LogP contribution in [-0.2, 0) is 29.3 Å². The molecular formula is C33H29BrN4O8. The van der Waals surface area contributed by atoms with Gasteiger partial charge < -0.3 is 19.3 Å². The van der Waals surface area contributed by atoms with Crippen molar-refractivity contribution in [3.63, 3.8) is 0 Å². The van der Waals surface area contributed by atoms with Gasteiger partial charge in [0.25, 0.3) is 0 Å². The van der Waals surface area contributed by atoms with Crippen molar-refractivity contribution < 1.29 is 33.7 Å². The number of methoxy groups -OCH3 is 1. The molecule has 236 valence electrons. The maximum Gasteiger partial charge on any atom is 0.323 e. The van der Waals surface area contributed by atoms with E-state index in [1.54, 1.807) is 17.0 Å². The van der Waals surface area contributed by atoms with Crippen LogP contribution < -0.4 is 9.47 Å². The van der Waals surface area contributed by atoms with Crippen LogP contribution in [0, 0.1) is 10.1 Å². The van der Waals surface area contributed by atoms with Crippen LogP contribution in [0.3, 0.4) is 0 Å². The minimum absolute atomic E-state index is 0.0166. The summed E-state index contributed by atoms with van der Waals surface area (Å²) in [5, 5.41) is 30.3. The fourth-order valence-electron chi connectivity index (χ4n) is 5.53. The van der Waals surface area contributed by atoms with Gasteiger partial charge in [-0.2, -0.15) is 0 Å². The summed E-state index contributed by atoms with van der Waals surface area (Å²) in [6.07, 6.45) is -0.562. The molecule has 1 aliphatic heterocycles. The number of aliphatic hydroxyl groups excluding tert-OH is 1. The number of benzene rings is 4. The van der Waals surface area contributed by atoms with Crippen LogP contribution in [0.5, 0.6) is 11.5 Å². The Morgan fingerprint density at radius 2 is 1.78 bits per heavy atom. The van der Waals surface area contributed by atoms with E-state index in [9.17, 15) is 20.0 Å². The standard InChI is InChI=1S/C33H29BrN4O8/c1-43-33(40)29-14-24(39)17-37(29)16-23-13-28(38(41)42)31(15-30(23)44-18-20-10-11-26-27(12-20)36-46-35-26)45-19-22-8-5-9-25(32(22)34)21-6-3-2-4-7-21/h2-13,15,24,29,39H,14,16-19H2,1H3/t24-,29-/m1/s1. The lowest BCUT2D eigenvalue weighted by Crippen LogP contribution is -2.36. The first-order valence-electron chi connectivity index (χ1n) is 14.4. The first-order chi connectivity index (χ1) is 22.3. The first kappa shape index (κ1) is 31.1. The largest absolute Gasteiger partial charge is 0.488 e. The Kier molecular flexibility index (Phi) is 9.24. The average molecular weight is 690 g/mol. The van der Waals surface area contributed by atoms with Crippen LogP contribution in [0.2, 0.25) is 0 Å². The van der Waals surface area contributed by atoms with Gasteiger partial charge in [0.2, 0.25) is 5.75 Å². The van der Waals surface area contributed by atoms with Gasteiger partial charge in [0, 0.05) is 47.2 Å². The molecule has 1 aliphatic rings. The van der Waals surface area contributed by atoms with E-state index in [1.807, 2.05) is 54.6 Å². The molecule has 1 fully saturated rings. The number of ether oxygens (including phenoxy) is 3. The van der Waals surface area contributed by atoms with E-state index in [1.165, 1.54) is 19.2 Å². The second kappa shape index (κ2) is 13.6. The molecule has 12 nitrogen and oxygen atoms in total. The number of carbonyl (C=O) groups excluding carboxylic acids is 1. The van der Waals surface area contributed by atoms with Crippen molar-refractivity contribution in [3.05, 3.63) is 110 Å². The highest BCUT2D eigenvalue weighted by Crippen LogP contribution is 2.38. The van der Waals surface area contributed by atoms with Gasteiger partial charge in [0.1, 0.15) is 36.0 Å². The molecule has 13 heteroatoms. The lowest BCUT2D eigenvalue weighted by atomic mass is 10.0. The summed E-state index contributed by atoms with van der Waals surface area (Å²) in [4.78, 5) is 26.0. The van der Waals surface area contributed by atoms with E-state index in [0.29, 0.717) is 22.3 Å². The molecule has 6 rings (SSSR count). The number of hydrogen-bond acceptors (Lipinski definition) is 11. The number of esters is 1. The van der Waals surface area contributed by atoms with Gasteiger partial charge >= 0.3 is 11.7 Å². The van der Waals surface area contributed by atoms with Crippen LogP contribution in [-0.4, -0.2) is 57.0 Å². The minimum atomic E-state index is -0.751. The molecule has 0 unspecified atom stereocenters. The normalized spacial score (nSPS) is 16.4. The van der Waals surface area contributed by atoms with Gasteiger partial charge in [-0.3, -0.25) is 19.8 Å². The number of aromatic nitrogens is 2. The van der Waals surface area contributed by atoms with E-state index in [-0.39, 0.29) is 44.2 Å². The van der Waals surface area contributed by atoms with E-state index in [0.717, 1.165) is 26.7 Å². The molecule has 2 atom stereocenters. The summed E-state index contributed by atoms with van der Waals surface area (Å²) in [6, 6.07) is 23.1. The summed E-state index contributed by atoms with van der Waals surface area (Å²) in [5.74, 6) is -0.157. The summed E-state index contributed by atoms with van der Waals surface area (Å²) in [6.45, 7) is 0.414. The molecule has 5 aromatic rings. The van der Waals surface area contributed by atoms with Crippen molar-refractivity contribution in [1.29, 1.82) is 0 Å². The predicted molar refractivity (Wildman–Crippen MR) is 170 cm³/mol. The van der Waals surface area contributed by atoms with Crippen LogP contribution in [0.25, 0.3) is 22.2 Å². The van der Waals surface area contributed by atoms with Gasteiger partial charge in [0.05, 0.1) is 18.1 Å². The molecule has 1 saturated heterocycles. The highest BCUT2D eigenvalue weighted by atomic mass is 79.9. The number of β-amino-alcohol motifs (C(OH)–C–C–N with tert-alkyl or cyclic N) is 1. The van der Waals surface area contributed by atoms with E-state index < -0.39 is 23.0 Å². The van der Waals surface area contributed by atoms with Crippen LogP contribution in [0.4, 0.5) is 5.69 Å². The van der Waals surface area contributed by atoms with Gasteiger partial charge in [-0.05, 0) is 55.1 Å². The molecule has 0 radical (unpaired) electrons. The number of hydrogen-bond donors (Lipinski definition) is 1. The predicted octanol–water partition coefficient (Wildman–Crippen LogP) is 5.83. The van der Waals surface area contributed by atoms with Crippen LogP contribution in [0.15, 0.2) is 88.0 Å². The molecule has 2 heterocycles. The number of nitrogens with zero attached hydrogens (tertiary/aromatic N) is 4. The summed E-state index contributed by atoms with van der Waals surface area (Å²) >= 11 is 3.69. The van der Waals surface area contributed by atoms with Crippen molar-refractivity contribution >= 4 is 38.6 Å². The zero-order valence-corrected chi connectivity index (χ0v) is 26.3. The zero-order chi connectivity index (χ0) is 32.2. The van der Waals surface area contributed by atoms with Crippen molar-refractivity contribution in [2.24, 2.45) is 0 Å². The van der Waals surface area contributed by atoms with Gasteiger partial charge in [-0.25, -0.2) is 4.63 Å². The third-order valence-corrected chi connectivity index (χ3v) is 8.76. The molecule has 1 N–H and O–H groups in total. The molecule has 46 heavy (non-hydrogen) atoms. The Morgan fingerprint density at radius 1 is 1.00 bits per heavy atom. The van der Waals surface area contributed by atoms with Crippen LogP contribution >= 0.6 is 15.9 Å². The lowest BCUT2D eigenvalue weighted by Gasteiger charge is -2.23. The molecular weight excluding hydrogens is 660 g/mol. The smallest absolute Gasteiger partial charge is 0.323 e. The van der Waals surface area contributed by atoms with Crippen molar-refractivity contribution in [2.45, 2.75) is 38.3 Å². The Labute approximate surface area is 271 Å². The Bertz CT molecular complexity index is 1880. The number of likely N-dealkylation sites (tertiary alicyclic amines) is 1. The molecule has 0 saturated carbocycles. The molecule has 1 aromatic heterocycles. The second-order valence-electron chi connectivity index (χ2n) is 10.9. The third-order valence-electron chi connectivity index (χ3n) is 7.83.